The van der Waals surface area contributed by atoms with E-state index in [0.717, 1.165) is 17.0 Å². The summed E-state index contributed by atoms with van der Waals surface area (Å²) in [7, 11) is 0. The SMILES string of the molecule is CCOc1ccc(-n2nc3ccc(NC(=S)NC(=O)c4cccs4)cc3n2)cc1. The third-order valence-electron chi connectivity index (χ3n) is 3.99. The number of thiophene rings is 1. The molecule has 0 radical (unpaired) electrons. The molecule has 0 spiro atoms. The number of aromatic nitrogens is 3. The molecule has 0 unspecified atom stereocenters. The summed E-state index contributed by atoms with van der Waals surface area (Å²) in [5.74, 6) is 0.567. The number of thiocarbonyl (C=S) groups is 1. The van der Waals surface area contributed by atoms with Gasteiger partial charge in [-0.05, 0) is 73.1 Å². The zero-order valence-electron chi connectivity index (χ0n) is 15.5. The highest BCUT2D eigenvalue weighted by Gasteiger charge is 2.10. The van der Waals surface area contributed by atoms with E-state index >= 15 is 0 Å². The summed E-state index contributed by atoms with van der Waals surface area (Å²) in [5.41, 5.74) is 3.00. The lowest BCUT2D eigenvalue weighted by Gasteiger charge is -2.08. The highest BCUT2D eigenvalue weighted by Crippen LogP contribution is 2.19. The lowest BCUT2D eigenvalue weighted by molar-refractivity contribution is 0.0981. The number of carbonyl (C=O) groups excluding carboxylic acids is 1. The van der Waals surface area contributed by atoms with Gasteiger partial charge in [0, 0.05) is 5.69 Å². The Morgan fingerprint density at radius 2 is 1.93 bits per heavy atom. The van der Waals surface area contributed by atoms with Gasteiger partial charge < -0.3 is 10.1 Å². The fourth-order valence-corrected chi connectivity index (χ4v) is 3.51. The molecule has 4 rings (SSSR count). The molecular weight excluding hydrogens is 406 g/mol. The predicted octanol–water partition coefficient (Wildman–Crippen LogP) is 4.01. The summed E-state index contributed by atoms with van der Waals surface area (Å²) in [5, 5.41) is 16.8. The van der Waals surface area contributed by atoms with Crippen molar-refractivity contribution in [3.8, 4) is 11.4 Å². The molecule has 2 aromatic carbocycles. The first kappa shape index (κ1) is 19.0. The summed E-state index contributed by atoms with van der Waals surface area (Å²) in [6.07, 6.45) is 0. The van der Waals surface area contributed by atoms with Crippen LogP contribution in [0.4, 0.5) is 5.69 Å². The van der Waals surface area contributed by atoms with Crippen molar-refractivity contribution in [2.45, 2.75) is 6.92 Å². The monoisotopic (exact) mass is 423 g/mol. The average Bonchev–Trinajstić information content (AvgIpc) is 3.38. The standard InChI is InChI=1S/C20H17N5O2S2/c1-2-27-15-8-6-14(7-9-15)25-23-16-10-5-13(12-17(16)24-25)21-20(28)22-19(26)18-4-3-11-29-18/h3-12H,2H2,1H3,(H2,21,22,26,28). The van der Waals surface area contributed by atoms with Gasteiger partial charge >= 0.3 is 0 Å². The van der Waals surface area contributed by atoms with Gasteiger partial charge in [-0.25, -0.2) is 0 Å². The predicted molar refractivity (Wildman–Crippen MR) is 118 cm³/mol. The van der Waals surface area contributed by atoms with Crippen LogP contribution in [0.25, 0.3) is 16.7 Å². The zero-order chi connectivity index (χ0) is 20.2. The van der Waals surface area contributed by atoms with Gasteiger partial charge in [0.2, 0.25) is 0 Å². The molecule has 2 aromatic heterocycles. The minimum Gasteiger partial charge on any atom is -0.494 e. The van der Waals surface area contributed by atoms with E-state index in [4.69, 9.17) is 17.0 Å². The molecule has 0 bridgehead atoms. The number of amides is 1. The number of benzene rings is 2. The Morgan fingerprint density at radius 1 is 1.14 bits per heavy atom. The minimum absolute atomic E-state index is 0.224. The molecular formula is C20H17N5O2S2. The largest absolute Gasteiger partial charge is 0.494 e. The van der Waals surface area contributed by atoms with E-state index in [2.05, 4.69) is 20.8 Å². The van der Waals surface area contributed by atoms with Gasteiger partial charge in [-0.3, -0.25) is 10.1 Å². The van der Waals surface area contributed by atoms with Crippen LogP contribution in [0.5, 0.6) is 5.75 Å². The summed E-state index contributed by atoms with van der Waals surface area (Å²) >= 11 is 6.59. The number of hydrogen-bond acceptors (Lipinski definition) is 6. The van der Waals surface area contributed by atoms with E-state index in [1.54, 1.807) is 10.9 Å². The van der Waals surface area contributed by atoms with Crippen molar-refractivity contribution >= 4 is 51.3 Å². The maximum Gasteiger partial charge on any atom is 0.267 e. The lowest BCUT2D eigenvalue weighted by atomic mass is 10.3. The van der Waals surface area contributed by atoms with Crippen LogP contribution in [0.1, 0.15) is 16.6 Å². The third-order valence-corrected chi connectivity index (χ3v) is 5.06. The van der Waals surface area contributed by atoms with Crippen molar-refractivity contribution in [2.75, 3.05) is 11.9 Å². The van der Waals surface area contributed by atoms with Crippen molar-refractivity contribution in [3.05, 3.63) is 64.9 Å². The van der Waals surface area contributed by atoms with E-state index in [1.807, 2.05) is 60.8 Å². The second kappa shape index (κ2) is 8.38. The van der Waals surface area contributed by atoms with Crippen molar-refractivity contribution in [3.63, 3.8) is 0 Å². The van der Waals surface area contributed by atoms with Crippen LogP contribution in [0.15, 0.2) is 60.0 Å². The molecule has 4 aromatic rings. The highest BCUT2D eigenvalue weighted by atomic mass is 32.1. The van der Waals surface area contributed by atoms with E-state index in [1.165, 1.54) is 11.3 Å². The van der Waals surface area contributed by atoms with Crippen molar-refractivity contribution < 1.29 is 9.53 Å². The second-order valence-electron chi connectivity index (χ2n) is 6.01. The molecule has 1 amide bonds. The molecule has 0 saturated heterocycles. The van der Waals surface area contributed by atoms with Crippen LogP contribution in [0.3, 0.4) is 0 Å². The second-order valence-corrected chi connectivity index (χ2v) is 7.36. The molecule has 0 saturated carbocycles. The Morgan fingerprint density at radius 3 is 2.66 bits per heavy atom. The number of anilines is 1. The fourth-order valence-electron chi connectivity index (χ4n) is 2.68. The number of nitrogens with zero attached hydrogens (tertiary/aromatic N) is 3. The van der Waals surface area contributed by atoms with Crippen molar-refractivity contribution in [1.82, 2.24) is 20.3 Å². The van der Waals surface area contributed by atoms with Gasteiger partial charge in [0.1, 0.15) is 16.8 Å². The van der Waals surface area contributed by atoms with E-state index in [9.17, 15) is 4.79 Å². The van der Waals surface area contributed by atoms with E-state index < -0.39 is 0 Å². The number of rotatable bonds is 5. The number of ether oxygens (including phenoxy) is 1. The Kier molecular flexibility index (Phi) is 5.50. The Bertz CT molecular complexity index is 1150. The molecule has 0 aliphatic rings. The lowest BCUT2D eigenvalue weighted by Crippen LogP contribution is -2.33. The molecule has 0 aliphatic carbocycles. The first-order valence-corrected chi connectivity index (χ1v) is 10.2. The third kappa shape index (κ3) is 4.41. The molecule has 7 nitrogen and oxygen atoms in total. The molecule has 0 aliphatic heterocycles. The summed E-state index contributed by atoms with van der Waals surface area (Å²) in [6.45, 7) is 2.56. The first-order chi connectivity index (χ1) is 14.1. The van der Waals surface area contributed by atoms with Gasteiger partial charge in [0.05, 0.1) is 17.2 Å². The molecule has 146 valence electrons. The van der Waals surface area contributed by atoms with Gasteiger partial charge in [-0.15, -0.1) is 21.5 Å². The Labute approximate surface area is 176 Å². The fraction of sp³-hybridized carbons (Fsp3) is 0.100. The Hall–Kier alpha value is -3.30. The number of fused-ring (bicyclic) bond motifs is 1. The van der Waals surface area contributed by atoms with E-state index in [0.29, 0.717) is 22.7 Å². The topological polar surface area (TPSA) is 81.1 Å². The average molecular weight is 424 g/mol. The van der Waals surface area contributed by atoms with E-state index in [-0.39, 0.29) is 11.0 Å². The zero-order valence-corrected chi connectivity index (χ0v) is 17.1. The number of hydrogen-bond donors (Lipinski definition) is 2. The van der Waals surface area contributed by atoms with Gasteiger partial charge in [-0.2, -0.15) is 4.80 Å². The highest BCUT2D eigenvalue weighted by molar-refractivity contribution is 7.80. The minimum atomic E-state index is -0.236. The van der Waals surface area contributed by atoms with Crippen LogP contribution in [0, 0.1) is 0 Å². The van der Waals surface area contributed by atoms with Crippen LogP contribution in [0.2, 0.25) is 0 Å². The quantitative estimate of drug-likeness (QED) is 0.472. The maximum atomic E-state index is 12.1. The van der Waals surface area contributed by atoms with Crippen LogP contribution in [-0.2, 0) is 0 Å². The number of carbonyl (C=O) groups is 1. The van der Waals surface area contributed by atoms with Gasteiger partial charge in [0.15, 0.2) is 5.11 Å². The summed E-state index contributed by atoms with van der Waals surface area (Å²) in [4.78, 5) is 14.3. The molecule has 0 atom stereocenters. The Balaban J connectivity index is 1.48. The van der Waals surface area contributed by atoms with Crippen LogP contribution >= 0.6 is 23.6 Å². The smallest absolute Gasteiger partial charge is 0.267 e. The summed E-state index contributed by atoms with van der Waals surface area (Å²) < 4.78 is 5.46. The summed E-state index contributed by atoms with van der Waals surface area (Å²) in [6, 6.07) is 16.6. The van der Waals surface area contributed by atoms with Crippen LogP contribution in [-0.4, -0.2) is 32.6 Å². The molecule has 9 heteroatoms. The molecule has 0 fully saturated rings. The molecule has 2 N–H and O–H groups in total. The molecule has 29 heavy (non-hydrogen) atoms. The normalized spacial score (nSPS) is 10.7. The van der Waals surface area contributed by atoms with Crippen molar-refractivity contribution in [2.24, 2.45) is 0 Å². The number of nitrogens with one attached hydrogen (secondary N) is 2. The maximum absolute atomic E-state index is 12.1. The van der Waals surface area contributed by atoms with Gasteiger partial charge in [-0.1, -0.05) is 6.07 Å². The van der Waals surface area contributed by atoms with Crippen LogP contribution < -0.4 is 15.4 Å². The molecule has 2 heterocycles. The van der Waals surface area contributed by atoms with Crippen molar-refractivity contribution in [1.29, 1.82) is 0 Å². The first-order valence-electron chi connectivity index (χ1n) is 8.88. The van der Waals surface area contributed by atoms with Gasteiger partial charge in [0.25, 0.3) is 5.91 Å².